The van der Waals surface area contributed by atoms with Crippen molar-refractivity contribution < 1.29 is 122 Å². The SMILES string of the molecule is COC(=O)c1cc(CBr)ccc1F.COC(=O)c1cc(CBr)ccn1.COC(=O)c1ccc(CBr)c(F)c1.COC(=O)c1ccc(CBr)c(F)c1F.COC(=O)c1ccc(CBr)cc1F.COC(=O)c1ccc(CBr)nc1.COC(=O)c1cccc(CBr)c1F.COC(=O)c1cccc(CBr)n1.COC(=O)c1ccccc1CBr.COC(=O)c1ccnc(CBr)c1. The van der Waals surface area contributed by atoms with Crippen molar-refractivity contribution in [2.45, 2.75) is 53.3 Å². The first kappa shape index (κ1) is 115. The van der Waals surface area contributed by atoms with E-state index in [1.165, 1.54) is 125 Å². The highest BCUT2D eigenvalue weighted by molar-refractivity contribution is 9.10. The molecule has 10 aromatic rings. The van der Waals surface area contributed by atoms with Gasteiger partial charge in [0.1, 0.15) is 34.7 Å². The second-order valence-electron chi connectivity index (χ2n) is 23.2. The van der Waals surface area contributed by atoms with Crippen LogP contribution in [-0.4, -0.2) is 151 Å². The summed E-state index contributed by atoms with van der Waals surface area (Å²) in [5.41, 5.74) is 9.28. The smallest absolute Gasteiger partial charge is 0.356 e. The molecule has 676 valence electrons. The number of alkyl halides is 10. The van der Waals surface area contributed by atoms with Crippen LogP contribution in [-0.2, 0) is 101 Å². The first-order valence-electron chi connectivity index (χ1n) is 35.2. The van der Waals surface area contributed by atoms with Crippen molar-refractivity contribution in [3.05, 3.63) is 329 Å². The Hall–Kier alpha value is -9.00. The number of pyridine rings is 4. The van der Waals surface area contributed by atoms with Gasteiger partial charge in [0.2, 0.25) is 0 Å². The Labute approximate surface area is 806 Å². The molecule has 4 aromatic heterocycles. The van der Waals surface area contributed by atoms with Gasteiger partial charge in [0.15, 0.2) is 11.6 Å². The van der Waals surface area contributed by atoms with Crippen molar-refractivity contribution in [2.75, 3.05) is 71.1 Å². The Morgan fingerprint density at radius 2 is 0.675 bits per heavy atom. The van der Waals surface area contributed by atoms with Crippen LogP contribution in [0.15, 0.2) is 182 Å². The number of benzene rings is 6. The lowest BCUT2D eigenvalue weighted by molar-refractivity contribution is 0.0585. The lowest BCUT2D eigenvalue weighted by atomic mass is 10.1. The molecule has 0 N–H and O–H groups in total. The van der Waals surface area contributed by atoms with E-state index >= 15 is 0 Å². The first-order valence-corrected chi connectivity index (χ1v) is 46.4. The Balaban J connectivity index is 0.000000700. The fraction of sp³-hybridized carbons (Fsp3) is 0.233. The fourth-order valence-corrected chi connectivity index (χ4v) is 12.5. The molecule has 0 saturated heterocycles. The maximum Gasteiger partial charge on any atom is 0.356 e. The van der Waals surface area contributed by atoms with E-state index in [2.05, 4.69) is 227 Å². The molecule has 0 unspecified atom stereocenters. The summed E-state index contributed by atoms with van der Waals surface area (Å²) < 4.78 is 124. The minimum Gasteiger partial charge on any atom is -0.465 e. The van der Waals surface area contributed by atoms with E-state index in [4.69, 9.17) is 0 Å². The molecule has 6 aromatic carbocycles. The van der Waals surface area contributed by atoms with Gasteiger partial charge in [-0.05, 0) is 137 Å². The largest absolute Gasteiger partial charge is 0.465 e. The van der Waals surface area contributed by atoms with Crippen molar-refractivity contribution in [1.82, 2.24) is 19.9 Å². The number of aromatic nitrogens is 4. The highest BCUT2D eigenvalue weighted by atomic mass is 79.9. The molecule has 0 saturated carbocycles. The number of carbonyl (C=O) groups excluding carboxylic acids is 10. The Kier molecular flexibility index (Phi) is 59.8. The van der Waals surface area contributed by atoms with E-state index in [1.807, 2.05) is 30.3 Å². The van der Waals surface area contributed by atoms with Crippen LogP contribution in [0.2, 0.25) is 0 Å². The third-order valence-corrected chi connectivity index (χ3v) is 21.3. The molecule has 0 amide bonds. The zero-order chi connectivity index (χ0) is 95.0. The van der Waals surface area contributed by atoms with Crippen LogP contribution >= 0.6 is 159 Å². The molecule has 0 aliphatic heterocycles. The molecule has 10 rings (SSSR count). The number of ether oxygens (including phenoxy) is 10. The van der Waals surface area contributed by atoms with Crippen LogP contribution in [0.5, 0.6) is 0 Å². The number of halogens is 16. The van der Waals surface area contributed by atoms with Crippen LogP contribution in [0.25, 0.3) is 0 Å². The van der Waals surface area contributed by atoms with E-state index in [0.29, 0.717) is 87.2 Å². The fourth-order valence-electron chi connectivity index (χ4n) is 8.68. The number of esters is 10. The molecule has 0 fully saturated rings. The molecular weight excluding hydrogens is 2320 g/mol. The minimum absolute atomic E-state index is 0.0283. The molecule has 126 heavy (non-hydrogen) atoms. The van der Waals surface area contributed by atoms with Gasteiger partial charge in [-0.3, -0.25) is 9.97 Å². The number of methoxy groups -OCH3 is 10. The van der Waals surface area contributed by atoms with Crippen molar-refractivity contribution in [3.8, 4) is 0 Å². The van der Waals surface area contributed by atoms with Crippen molar-refractivity contribution in [3.63, 3.8) is 0 Å². The van der Waals surface area contributed by atoms with Crippen LogP contribution in [0, 0.1) is 34.9 Å². The Bertz CT molecular complexity index is 5040. The van der Waals surface area contributed by atoms with Crippen LogP contribution in [0.3, 0.4) is 0 Å². The average Bonchev–Trinajstić information content (AvgIpc) is 0.840. The molecule has 0 bridgehead atoms. The van der Waals surface area contributed by atoms with E-state index in [9.17, 15) is 74.3 Å². The predicted octanol–water partition coefficient (Wildman–Crippen LogP) is 22.1. The number of nitrogens with zero attached hydrogens (tertiary/aromatic N) is 4. The summed E-state index contributed by atoms with van der Waals surface area (Å²) in [7, 11) is 12.8. The average molecular weight is 2400 g/mol. The van der Waals surface area contributed by atoms with Gasteiger partial charge in [-0.2, -0.15) is 0 Å². The number of rotatable bonds is 20. The Morgan fingerprint density at radius 3 is 1.18 bits per heavy atom. The van der Waals surface area contributed by atoms with E-state index in [-0.39, 0.29) is 51.1 Å². The van der Waals surface area contributed by atoms with Crippen molar-refractivity contribution >= 4 is 219 Å². The van der Waals surface area contributed by atoms with E-state index in [1.54, 1.807) is 91.3 Å². The summed E-state index contributed by atoms with van der Waals surface area (Å²) in [5, 5.41) is 5.48. The molecule has 0 atom stereocenters. The summed E-state index contributed by atoms with van der Waals surface area (Å²) in [6.45, 7) is 0. The number of hydrogen-bond donors (Lipinski definition) is 0. The van der Waals surface area contributed by atoms with Crippen LogP contribution < -0.4 is 0 Å². The summed E-state index contributed by atoms with van der Waals surface area (Å²) in [6.07, 6.45) is 4.67. The third-order valence-electron chi connectivity index (χ3n) is 15.2. The zero-order valence-electron chi connectivity index (χ0n) is 68.4. The lowest BCUT2D eigenvalue weighted by Crippen LogP contribution is -2.07. The molecule has 0 radical (unpaired) electrons. The second-order valence-corrected chi connectivity index (χ2v) is 28.8. The monoisotopic (exact) mass is 2390 g/mol. The topological polar surface area (TPSA) is 315 Å². The van der Waals surface area contributed by atoms with Crippen molar-refractivity contribution in [2.24, 2.45) is 0 Å². The van der Waals surface area contributed by atoms with Gasteiger partial charge in [0.05, 0.1) is 133 Å². The lowest BCUT2D eigenvalue weighted by Gasteiger charge is -2.04. The minimum atomic E-state index is -1.17. The summed E-state index contributed by atoms with van der Waals surface area (Å²) in [4.78, 5) is 126. The van der Waals surface area contributed by atoms with Gasteiger partial charge in [0, 0.05) is 77.5 Å². The molecule has 0 aliphatic rings. The summed E-state index contributed by atoms with van der Waals surface area (Å²) >= 11 is 32.0. The third kappa shape index (κ3) is 40.5. The van der Waals surface area contributed by atoms with E-state index < -0.39 is 82.3 Å². The van der Waals surface area contributed by atoms with Crippen molar-refractivity contribution in [1.29, 1.82) is 0 Å². The molecule has 0 aliphatic carbocycles. The molecule has 24 nitrogen and oxygen atoms in total. The van der Waals surface area contributed by atoms with Gasteiger partial charge in [0.25, 0.3) is 0 Å². The Morgan fingerprint density at radius 1 is 0.254 bits per heavy atom. The van der Waals surface area contributed by atoms with Gasteiger partial charge in [-0.15, -0.1) is 0 Å². The van der Waals surface area contributed by atoms with Gasteiger partial charge in [-0.1, -0.05) is 220 Å². The standard InChI is InChI=1S/C9H7BrF2O2.4C9H8BrFO2.C9H9BrO2.4C8H8BrNO2/c1-14-9(13)6-3-2-5(4-10)7(11)8(6)12;1-13-9(12)6-2-3-7(5-10)8(11)4-6;1-13-9(12)7-4-6(5-10)2-3-8(7)11;1-13-9(12)7-3-2-6(5-10)4-8(7)11;1-13-9(12)7-4-2-3-6(5-10)8(7)11;1-12-9(11)8-5-3-2-4-7(8)6-10;1-12-8(11)6-2-3-7(4-9)10-5-6;1-12-8(11)6-2-3-10-7(4-6)5-9;1-12-8(11)7-4-6(5-9)2-3-10-7;1-12-8(11)7-4-2-3-6(5-9)10-7/h2-3H,4H2,1H3;4*2-4H,5H2,1H3;2-5H,6H2,1H3;2-3,5H,4H2,1H3;3*2-4H,5H2,1H3. The van der Waals surface area contributed by atoms with Crippen LogP contribution in [0.4, 0.5) is 26.3 Å². The highest BCUT2D eigenvalue weighted by Gasteiger charge is 2.20. The number of carbonyl (C=O) groups is 10. The summed E-state index contributed by atoms with van der Waals surface area (Å²) in [5.74, 6) is -9.39. The van der Waals surface area contributed by atoms with Gasteiger partial charge >= 0.3 is 59.7 Å². The predicted molar refractivity (Wildman–Crippen MR) is 495 cm³/mol. The molecule has 0 spiro atoms. The molecule has 40 heteroatoms. The summed E-state index contributed by atoms with van der Waals surface area (Å²) in [6, 6.07) is 43.0. The van der Waals surface area contributed by atoms with Gasteiger partial charge < -0.3 is 47.4 Å². The molecule has 4 heterocycles. The maximum atomic E-state index is 13.4. The number of hydrogen-bond acceptors (Lipinski definition) is 24. The van der Waals surface area contributed by atoms with E-state index in [0.717, 1.165) is 46.4 Å². The molecular formula is C86H80Br10F6N4O20. The van der Waals surface area contributed by atoms with Gasteiger partial charge in [-0.25, -0.2) is 84.3 Å². The zero-order valence-corrected chi connectivity index (χ0v) is 84.3. The quantitative estimate of drug-likeness (QED) is 0.0296. The highest BCUT2D eigenvalue weighted by Crippen LogP contribution is 2.23. The first-order chi connectivity index (χ1) is 60.3. The second kappa shape index (κ2) is 65.5. The maximum absolute atomic E-state index is 13.4. The normalized spacial score (nSPS) is 9.67. The van der Waals surface area contributed by atoms with Crippen LogP contribution in [0.1, 0.15) is 160 Å².